The van der Waals surface area contributed by atoms with Crippen LogP contribution < -0.4 is 44.2 Å². The molecule has 0 saturated heterocycles. The largest absolute Gasteiger partial charge is 0.220 e. The number of fused-ring (bicyclic) bond motifs is 4. The summed E-state index contributed by atoms with van der Waals surface area (Å²) in [6.45, 7) is 44.9. The molecule has 4 nitrogen and oxygen atoms in total. The monoisotopic (exact) mass is 1760 g/mol. The van der Waals surface area contributed by atoms with Crippen molar-refractivity contribution in [2.75, 3.05) is 0 Å². The molecule has 4 aliphatic carbocycles. The number of halogens is 4. The molecular formula is C114H144F4N4Si4+4. The third-order valence-electron chi connectivity index (χ3n) is 32.1. The Morgan fingerprint density at radius 1 is 0.302 bits per heavy atom. The van der Waals surface area contributed by atoms with E-state index in [0.717, 1.165) is 118 Å². The van der Waals surface area contributed by atoms with Crippen molar-refractivity contribution in [3.8, 4) is 45.0 Å². The van der Waals surface area contributed by atoms with Gasteiger partial charge in [-0.1, -0.05) is 255 Å². The lowest BCUT2D eigenvalue weighted by molar-refractivity contribution is -0.659. The fraction of sp³-hybridized carbons (Fsp3) is 0.421. The Labute approximate surface area is 757 Å². The van der Waals surface area contributed by atoms with E-state index in [1.807, 2.05) is 27.7 Å². The summed E-state index contributed by atoms with van der Waals surface area (Å²) in [5, 5.41) is 17.6. The fourth-order valence-corrected chi connectivity index (χ4v) is 30.8. The molecule has 4 fully saturated rings. The maximum atomic E-state index is 15.4. The quantitative estimate of drug-likeness (QED) is 0.0491. The summed E-state index contributed by atoms with van der Waals surface area (Å²) in [5.74, 6) is 1.51. The molecule has 0 bridgehead atoms. The van der Waals surface area contributed by atoms with E-state index in [1.165, 1.54) is 178 Å². The van der Waals surface area contributed by atoms with Gasteiger partial charge in [-0.2, -0.15) is 0 Å². The second-order valence-electron chi connectivity index (χ2n) is 41.0. The summed E-state index contributed by atoms with van der Waals surface area (Å²) in [4.78, 5) is 0. The minimum atomic E-state index is -1.79. The first-order chi connectivity index (χ1) is 60.0. The van der Waals surface area contributed by atoms with Gasteiger partial charge in [0.1, 0.15) is 59.5 Å². The summed E-state index contributed by atoms with van der Waals surface area (Å²) in [5.41, 5.74) is 21.4. The van der Waals surface area contributed by atoms with E-state index in [9.17, 15) is 0 Å². The number of aryl methyl sites for hydroxylation is 4. The number of hydrogen-bond donors (Lipinski definition) is 0. The average Bonchev–Trinajstić information content (AvgIpc) is 0.808. The van der Waals surface area contributed by atoms with Gasteiger partial charge in [0.25, 0.3) is 0 Å². The normalized spacial score (nSPS) is 15.2. The van der Waals surface area contributed by atoms with Gasteiger partial charge >= 0.3 is 0 Å². The molecule has 13 aromatic rings. The van der Waals surface area contributed by atoms with E-state index in [4.69, 9.17) is 0 Å². The second-order valence-corrected chi connectivity index (χ2v) is 60.9. The average molecular weight is 1760 g/mol. The zero-order valence-corrected chi connectivity index (χ0v) is 84.9. The van der Waals surface area contributed by atoms with Crippen molar-refractivity contribution in [2.24, 2.45) is 28.2 Å². The summed E-state index contributed by atoms with van der Waals surface area (Å²) in [6, 6.07) is 60.6. The molecule has 126 heavy (non-hydrogen) atoms. The van der Waals surface area contributed by atoms with Crippen LogP contribution in [0.25, 0.3) is 88.1 Å². The molecule has 17 rings (SSSR count). The Bertz CT molecular complexity index is 6240. The lowest BCUT2D eigenvalue weighted by atomic mass is 9.88. The number of aromatic nitrogens is 4. The number of rotatable bonds is 17. The van der Waals surface area contributed by atoms with Crippen molar-refractivity contribution in [1.29, 1.82) is 0 Å². The van der Waals surface area contributed by atoms with Crippen LogP contribution in [0.4, 0.5) is 17.6 Å². The van der Waals surface area contributed by atoms with Gasteiger partial charge in [0.05, 0.1) is 68.0 Å². The SMILES string of the molecule is CC[Si](CC)(CC)c1ccc2c(-c3cc(C4CCCC4)c(F)c(C)c3C)[n+](C)ccc2c1.Cc1c(-c2c3ccc([Si](C)(C)C(C)C)cc3cc[n+]2C)cc(C2CCCC2)c(F)c1C.Cc1c(-c2c3ccc([Si](C)(C)C)cc3cc[n+]2C)cc(C2CCCC2)c(F)c1C.Cc1c(-c2c3ccc([Si](C)(C)c4ccccc4)cc3cc[n+]2C)cc(C2CCCC2)c(F)c1C. The Morgan fingerprint density at radius 3 is 0.833 bits per heavy atom. The highest BCUT2D eigenvalue weighted by atomic mass is 28.3. The van der Waals surface area contributed by atoms with Gasteiger partial charge in [-0.3, -0.25) is 0 Å². The Balaban J connectivity index is 0.000000137. The van der Waals surface area contributed by atoms with E-state index < -0.39 is 32.3 Å². The van der Waals surface area contributed by atoms with Gasteiger partial charge in [0, 0.05) is 24.3 Å². The Hall–Kier alpha value is -8.79. The fourth-order valence-electron chi connectivity index (χ4n) is 21.9. The topological polar surface area (TPSA) is 15.5 Å². The third-order valence-corrected chi connectivity index (χ3v) is 47.9. The first-order valence-electron chi connectivity index (χ1n) is 47.9. The van der Waals surface area contributed by atoms with Gasteiger partial charge < -0.3 is 0 Å². The molecule has 0 aliphatic heterocycles. The maximum absolute atomic E-state index is 15.4. The summed E-state index contributed by atoms with van der Waals surface area (Å²) in [7, 11) is 2.36. The molecule has 4 heterocycles. The molecule has 4 aliphatic rings. The van der Waals surface area contributed by atoms with Crippen LogP contribution >= 0.6 is 0 Å². The molecule has 660 valence electrons. The number of benzene rings is 9. The second kappa shape index (κ2) is 38.1. The molecule has 0 radical (unpaired) electrons. The standard InChI is InChI=1S/C31H35FNSi.C29H39FNSi.C28H37FNSi.C26H33FNSi/c1-21-22(2)30(32)29(23-11-9-10-12-23)20-28(21)31-27-16-15-26(19-24(27)17-18-33(31)3)34(4,5)25-13-7-6-8-14-25;1-7-32(8-2,9-3)24-14-15-25-23(18-24)16-17-31(6)29(25)26-19-27(22-12-10-11-13-22)28(30)21(5)20(26)4;1-18(2)31(6,7)23-12-13-24-22(16-23)14-15-30(5)28(24)25-17-26(21-10-8-9-11-21)27(29)20(4)19(25)3;1-17-18(2)25(27)24(19-9-7-8-10-19)16-23(17)26-22-12-11-21(29(4,5)6)15-20(22)13-14-28(26)3/h6-8,13-20,23H,9-12H2,1-5H3;14-19,22H,7-13H2,1-6H3;12-18,21H,8-11H2,1-7H3;11-16,19H,7-10H2,1-6H3/q4*+1. The minimum Gasteiger partial charge on any atom is -0.206 e. The first kappa shape index (κ1) is 93.4. The van der Waals surface area contributed by atoms with Crippen LogP contribution in [0.2, 0.25) is 69.5 Å². The minimum absolute atomic E-state index is 0.00827. The predicted molar refractivity (Wildman–Crippen MR) is 540 cm³/mol. The molecule has 0 atom stereocenters. The lowest BCUT2D eigenvalue weighted by Gasteiger charge is -2.29. The van der Waals surface area contributed by atoms with E-state index >= 15 is 17.6 Å². The molecule has 12 heteroatoms. The van der Waals surface area contributed by atoms with Crippen molar-refractivity contribution >= 4 is 101 Å². The Kier molecular flexibility index (Phi) is 28.2. The summed E-state index contributed by atoms with van der Waals surface area (Å²) in [6.07, 6.45) is 27.2. The predicted octanol–water partition coefficient (Wildman–Crippen LogP) is 27.4. The van der Waals surface area contributed by atoms with Crippen LogP contribution in [0.3, 0.4) is 0 Å². The summed E-state index contributed by atoms with van der Waals surface area (Å²) < 4.78 is 70.0. The number of hydrogen-bond acceptors (Lipinski definition) is 0. The van der Waals surface area contributed by atoms with Crippen LogP contribution in [0.15, 0.2) is 176 Å². The van der Waals surface area contributed by atoms with Crippen molar-refractivity contribution in [3.63, 3.8) is 0 Å². The van der Waals surface area contributed by atoms with Gasteiger partial charge in [0.15, 0.2) is 24.8 Å². The molecule has 4 aromatic heterocycles. The molecule has 4 saturated carbocycles. The third kappa shape index (κ3) is 18.1. The van der Waals surface area contributed by atoms with Crippen molar-refractivity contribution in [3.05, 3.63) is 266 Å². The lowest BCUT2D eigenvalue weighted by Crippen LogP contribution is -2.52. The molecule has 9 aromatic carbocycles. The van der Waals surface area contributed by atoms with Gasteiger partial charge in [-0.05, 0) is 273 Å². The number of nitrogens with zero attached hydrogens (tertiary/aromatic N) is 4. The van der Waals surface area contributed by atoms with E-state index in [0.29, 0.717) is 29.2 Å². The van der Waals surface area contributed by atoms with Crippen LogP contribution in [0.5, 0.6) is 0 Å². The number of pyridine rings is 4. The zero-order chi connectivity index (χ0) is 90.5. The molecule has 0 unspecified atom stereocenters. The van der Waals surface area contributed by atoms with Crippen LogP contribution in [-0.2, 0) is 28.2 Å². The van der Waals surface area contributed by atoms with E-state index in [-0.39, 0.29) is 23.3 Å². The van der Waals surface area contributed by atoms with Gasteiger partial charge in [0.2, 0.25) is 22.8 Å². The smallest absolute Gasteiger partial charge is 0.206 e. The van der Waals surface area contributed by atoms with Crippen molar-refractivity contribution < 1.29 is 35.8 Å². The van der Waals surface area contributed by atoms with Gasteiger partial charge in [-0.25, -0.2) is 35.8 Å². The maximum Gasteiger partial charge on any atom is 0.220 e. The van der Waals surface area contributed by atoms with Crippen LogP contribution in [0.1, 0.15) is 228 Å². The molecular weight excluding hydrogens is 1610 g/mol. The molecule has 0 spiro atoms. The molecule has 0 N–H and O–H groups in total. The molecule has 0 amide bonds. The van der Waals surface area contributed by atoms with E-state index in [1.54, 1.807) is 5.19 Å². The van der Waals surface area contributed by atoms with Crippen LogP contribution in [0, 0.1) is 78.7 Å². The highest BCUT2D eigenvalue weighted by Crippen LogP contribution is 2.46. The van der Waals surface area contributed by atoms with Gasteiger partial charge in [-0.15, -0.1) is 0 Å². The first-order valence-corrected chi connectivity index (χ1v) is 60.1. The highest BCUT2D eigenvalue weighted by Gasteiger charge is 2.37. The van der Waals surface area contributed by atoms with Crippen molar-refractivity contribution in [2.45, 2.75) is 286 Å². The zero-order valence-electron chi connectivity index (χ0n) is 80.9. The van der Waals surface area contributed by atoms with E-state index in [2.05, 4.69) is 331 Å². The highest BCUT2D eigenvalue weighted by molar-refractivity contribution is 7.00. The van der Waals surface area contributed by atoms with Crippen molar-refractivity contribution in [1.82, 2.24) is 0 Å². The summed E-state index contributed by atoms with van der Waals surface area (Å²) >= 11 is 0. The Morgan fingerprint density at radius 2 is 0.556 bits per heavy atom. The van der Waals surface area contributed by atoms with Crippen LogP contribution in [-0.4, -0.2) is 32.3 Å².